The van der Waals surface area contributed by atoms with Crippen molar-refractivity contribution >= 4 is 34.3 Å². The molecule has 5 rings (SSSR count). The molecule has 1 aromatic carbocycles. The van der Waals surface area contributed by atoms with Gasteiger partial charge in [0.2, 0.25) is 5.88 Å². The molecule has 2 aromatic heterocycles. The standard InChI is InChI=1S/C27H32FN7O4/c1-17-21(16-31-27-24(17)29-7-13-39-27)33-20-5-6-30-25(36)23(20)26(37)32-18-3-4-22(19(28)15-18)35-10-8-34(9-11-35)12-14-38-2/h3-6,15-16,29H,7-14H2,1-2H3,(H,32,37)(H2,30,33,36). The van der Waals surface area contributed by atoms with Gasteiger partial charge in [-0.05, 0) is 31.2 Å². The van der Waals surface area contributed by atoms with Crippen molar-refractivity contribution in [3.8, 4) is 5.88 Å². The maximum Gasteiger partial charge on any atom is 0.263 e. The number of nitrogens with zero attached hydrogens (tertiary/aromatic N) is 3. The van der Waals surface area contributed by atoms with E-state index in [9.17, 15) is 9.59 Å². The van der Waals surface area contributed by atoms with Crippen molar-refractivity contribution in [1.29, 1.82) is 0 Å². The second-order valence-electron chi connectivity index (χ2n) is 9.41. The van der Waals surface area contributed by atoms with E-state index < -0.39 is 17.3 Å². The van der Waals surface area contributed by atoms with Crippen molar-refractivity contribution in [2.75, 3.05) is 80.4 Å². The van der Waals surface area contributed by atoms with E-state index in [2.05, 4.69) is 30.8 Å². The quantitative estimate of drug-likeness (QED) is 0.343. The van der Waals surface area contributed by atoms with Crippen LogP contribution in [0.3, 0.4) is 0 Å². The van der Waals surface area contributed by atoms with Crippen molar-refractivity contribution < 1.29 is 18.7 Å². The maximum absolute atomic E-state index is 15.1. The molecule has 1 amide bonds. The molecule has 206 valence electrons. The van der Waals surface area contributed by atoms with E-state index in [0.717, 1.165) is 30.9 Å². The van der Waals surface area contributed by atoms with Gasteiger partial charge in [0.05, 0.1) is 29.9 Å². The maximum atomic E-state index is 15.1. The molecule has 0 unspecified atom stereocenters. The average Bonchev–Trinajstić information content (AvgIpc) is 2.94. The van der Waals surface area contributed by atoms with Crippen LogP contribution in [-0.2, 0) is 4.74 Å². The van der Waals surface area contributed by atoms with E-state index in [1.165, 1.54) is 12.3 Å². The molecule has 0 saturated carbocycles. The van der Waals surface area contributed by atoms with Gasteiger partial charge in [-0.15, -0.1) is 0 Å². The second kappa shape index (κ2) is 11.7. The monoisotopic (exact) mass is 537 g/mol. The Morgan fingerprint density at radius 2 is 2.03 bits per heavy atom. The summed E-state index contributed by atoms with van der Waals surface area (Å²) in [4.78, 5) is 37.1. The van der Waals surface area contributed by atoms with E-state index in [1.807, 2.05) is 11.8 Å². The number of halogens is 1. The fraction of sp³-hybridized carbons (Fsp3) is 0.370. The highest BCUT2D eigenvalue weighted by molar-refractivity contribution is 6.08. The third-order valence-electron chi connectivity index (χ3n) is 6.93. The third-order valence-corrected chi connectivity index (χ3v) is 6.93. The number of pyridine rings is 2. The number of methoxy groups -OCH3 is 1. The largest absolute Gasteiger partial charge is 0.474 e. The van der Waals surface area contributed by atoms with E-state index in [1.54, 1.807) is 31.5 Å². The zero-order chi connectivity index (χ0) is 27.4. The first-order chi connectivity index (χ1) is 18.9. The molecule has 4 N–H and O–H groups in total. The molecule has 4 heterocycles. The van der Waals surface area contributed by atoms with Crippen LogP contribution in [0.5, 0.6) is 5.88 Å². The first kappa shape index (κ1) is 26.4. The number of carbonyl (C=O) groups is 1. The summed E-state index contributed by atoms with van der Waals surface area (Å²) in [6.45, 7) is 7.60. The number of ether oxygens (including phenoxy) is 2. The minimum Gasteiger partial charge on any atom is -0.474 e. The second-order valence-corrected chi connectivity index (χ2v) is 9.41. The number of rotatable bonds is 8. The normalized spacial score (nSPS) is 15.2. The number of aromatic nitrogens is 2. The fourth-order valence-corrected chi connectivity index (χ4v) is 4.77. The Kier molecular flexibility index (Phi) is 7.94. The fourth-order valence-electron chi connectivity index (χ4n) is 4.77. The number of carbonyl (C=O) groups excluding carboxylic acids is 1. The molecule has 2 aliphatic rings. The molecule has 1 saturated heterocycles. The van der Waals surface area contributed by atoms with Crippen molar-refractivity contribution in [1.82, 2.24) is 14.9 Å². The smallest absolute Gasteiger partial charge is 0.263 e. The Labute approximate surface area is 225 Å². The van der Waals surface area contributed by atoms with E-state index in [0.29, 0.717) is 55.8 Å². The Morgan fingerprint density at radius 3 is 2.79 bits per heavy atom. The van der Waals surface area contributed by atoms with Gasteiger partial charge in [-0.25, -0.2) is 9.37 Å². The molecule has 3 aromatic rings. The first-order valence-corrected chi connectivity index (χ1v) is 12.9. The van der Waals surface area contributed by atoms with Crippen LogP contribution in [0.15, 0.2) is 41.5 Å². The Hall–Kier alpha value is -4.16. The number of fused-ring (bicyclic) bond motifs is 1. The number of nitrogens with one attached hydrogen (secondary N) is 4. The van der Waals surface area contributed by atoms with Crippen LogP contribution in [0.4, 0.5) is 32.8 Å². The summed E-state index contributed by atoms with van der Waals surface area (Å²) in [5.41, 5.74) is 2.53. The molecule has 0 radical (unpaired) electrons. The minimum atomic E-state index is -0.664. The number of benzene rings is 1. The molecule has 0 atom stereocenters. The van der Waals surface area contributed by atoms with E-state index in [-0.39, 0.29) is 11.3 Å². The summed E-state index contributed by atoms with van der Waals surface area (Å²) in [6.07, 6.45) is 3.04. The minimum absolute atomic E-state index is 0.129. The van der Waals surface area contributed by atoms with Gasteiger partial charge in [-0.2, -0.15) is 0 Å². The molecule has 39 heavy (non-hydrogen) atoms. The van der Waals surface area contributed by atoms with Gasteiger partial charge >= 0.3 is 0 Å². The Morgan fingerprint density at radius 1 is 1.21 bits per heavy atom. The number of anilines is 5. The average molecular weight is 538 g/mol. The molecule has 11 nitrogen and oxygen atoms in total. The van der Waals surface area contributed by atoms with E-state index in [4.69, 9.17) is 9.47 Å². The number of H-pyrrole nitrogens is 1. The van der Waals surface area contributed by atoms with Crippen molar-refractivity contribution in [3.05, 3.63) is 64.0 Å². The highest BCUT2D eigenvalue weighted by Gasteiger charge is 2.22. The van der Waals surface area contributed by atoms with Crippen LogP contribution in [0.2, 0.25) is 0 Å². The van der Waals surface area contributed by atoms with Crippen LogP contribution < -0.4 is 31.1 Å². The van der Waals surface area contributed by atoms with Crippen molar-refractivity contribution in [3.63, 3.8) is 0 Å². The third kappa shape index (κ3) is 5.81. The molecule has 1 fully saturated rings. The highest BCUT2D eigenvalue weighted by Crippen LogP contribution is 2.34. The van der Waals surface area contributed by atoms with Crippen molar-refractivity contribution in [2.24, 2.45) is 0 Å². The molecule has 0 aliphatic carbocycles. The SMILES string of the molecule is COCCN1CCN(c2ccc(NC(=O)c3c(Nc4cnc5c(c4C)NCCO5)cc[nH]c3=O)cc2F)CC1. The van der Waals surface area contributed by atoms with Crippen LogP contribution in [0, 0.1) is 12.7 Å². The topological polar surface area (TPSA) is 124 Å². The molecular weight excluding hydrogens is 505 g/mol. The van der Waals surface area contributed by atoms with E-state index >= 15 is 4.39 Å². The van der Waals surface area contributed by atoms with Crippen molar-refractivity contribution in [2.45, 2.75) is 6.92 Å². The zero-order valence-corrected chi connectivity index (χ0v) is 22.0. The lowest BCUT2D eigenvalue weighted by molar-refractivity contribution is 0.102. The van der Waals surface area contributed by atoms with Gasteiger partial charge in [0, 0.05) is 63.8 Å². The summed E-state index contributed by atoms with van der Waals surface area (Å²) in [5, 5.41) is 9.07. The number of amides is 1. The lowest BCUT2D eigenvalue weighted by atomic mass is 10.1. The number of hydrogen-bond donors (Lipinski definition) is 4. The lowest BCUT2D eigenvalue weighted by Crippen LogP contribution is -2.47. The summed E-state index contributed by atoms with van der Waals surface area (Å²) < 4.78 is 25.8. The van der Waals surface area contributed by atoms with Crippen LogP contribution in [0.25, 0.3) is 0 Å². The summed E-state index contributed by atoms with van der Waals surface area (Å²) in [7, 11) is 1.68. The predicted octanol–water partition coefficient (Wildman–Crippen LogP) is 2.79. The van der Waals surface area contributed by atoms with Crippen LogP contribution in [-0.4, -0.2) is 80.4 Å². The van der Waals surface area contributed by atoms with Gasteiger partial charge in [-0.1, -0.05) is 0 Å². The highest BCUT2D eigenvalue weighted by atomic mass is 19.1. The van der Waals surface area contributed by atoms with Gasteiger partial charge < -0.3 is 35.3 Å². The molecule has 0 spiro atoms. The zero-order valence-electron chi connectivity index (χ0n) is 22.0. The summed E-state index contributed by atoms with van der Waals surface area (Å²) >= 11 is 0. The molecule has 0 bridgehead atoms. The molecule has 12 heteroatoms. The number of piperazine rings is 1. The first-order valence-electron chi connectivity index (χ1n) is 12.9. The van der Waals surface area contributed by atoms with Crippen LogP contribution in [0.1, 0.15) is 15.9 Å². The lowest BCUT2D eigenvalue weighted by Gasteiger charge is -2.36. The predicted molar refractivity (Wildman–Crippen MR) is 148 cm³/mol. The van der Waals surface area contributed by atoms with Gasteiger partial charge in [0.1, 0.15) is 23.7 Å². The summed E-state index contributed by atoms with van der Waals surface area (Å²) in [5.74, 6) is -0.598. The van der Waals surface area contributed by atoms with Gasteiger partial charge in [0.25, 0.3) is 11.5 Å². The van der Waals surface area contributed by atoms with Crippen LogP contribution >= 0.6 is 0 Å². The van der Waals surface area contributed by atoms with Gasteiger partial charge in [-0.3, -0.25) is 14.5 Å². The molecular formula is C27H32FN7O4. The Bertz CT molecular complexity index is 1410. The Balaban J connectivity index is 1.30. The summed E-state index contributed by atoms with van der Waals surface area (Å²) in [6, 6.07) is 6.16. The molecule has 2 aliphatic heterocycles. The number of hydrogen-bond acceptors (Lipinski definition) is 9. The number of aromatic amines is 1. The van der Waals surface area contributed by atoms with Gasteiger partial charge in [0.15, 0.2) is 0 Å².